The maximum Gasteiger partial charge on any atom is -0.0194 e. The highest BCUT2D eigenvalue weighted by molar-refractivity contribution is 5.23. The van der Waals surface area contributed by atoms with Crippen LogP contribution in [0.4, 0.5) is 0 Å². The van der Waals surface area contributed by atoms with E-state index < -0.39 is 0 Å². The molecular weight excluding hydrogens is 204 g/mol. The van der Waals surface area contributed by atoms with Crippen molar-refractivity contribution in [3.63, 3.8) is 0 Å². The molecule has 0 aliphatic heterocycles. The summed E-state index contributed by atoms with van der Waals surface area (Å²) >= 11 is 0. The fourth-order valence-electron chi connectivity index (χ4n) is 7.34. The monoisotopic (exact) mass is 228 g/mol. The van der Waals surface area contributed by atoms with Crippen molar-refractivity contribution >= 4 is 0 Å². The van der Waals surface area contributed by atoms with Crippen molar-refractivity contribution in [2.24, 2.45) is 59.2 Å². The van der Waals surface area contributed by atoms with Gasteiger partial charge in [-0.2, -0.15) is 0 Å². The lowest BCUT2D eigenvalue weighted by molar-refractivity contribution is 0.0894. The molecule has 0 spiro atoms. The third-order valence-corrected chi connectivity index (χ3v) is 7.80. The molecule has 0 amide bonds. The minimum absolute atomic E-state index is 1.00. The SMILES string of the molecule is CC1CC2C3CC(C2C1C)C1C2C=CC(C2)C31. The van der Waals surface area contributed by atoms with Gasteiger partial charge in [0.15, 0.2) is 0 Å². The predicted molar refractivity (Wildman–Crippen MR) is 69.2 cm³/mol. The first kappa shape index (κ1) is 9.64. The highest BCUT2D eigenvalue weighted by atomic mass is 14.7. The summed E-state index contributed by atoms with van der Waals surface area (Å²) in [7, 11) is 0. The van der Waals surface area contributed by atoms with Crippen LogP contribution in [0.25, 0.3) is 0 Å². The van der Waals surface area contributed by atoms with Gasteiger partial charge in [0.1, 0.15) is 0 Å². The molecule has 0 N–H and O–H groups in total. The number of rotatable bonds is 0. The summed E-state index contributed by atoms with van der Waals surface area (Å²) in [5, 5.41) is 0. The first-order valence-corrected chi connectivity index (χ1v) is 7.94. The maximum atomic E-state index is 2.59. The molecule has 4 fully saturated rings. The van der Waals surface area contributed by atoms with Crippen molar-refractivity contribution < 1.29 is 0 Å². The Hall–Kier alpha value is -0.260. The van der Waals surface area contributed by atoms with Gasteiger partial charge < -0.3 is 0 Å². The van der Waals surface area contributed by atoms with Gasteiger partial charge in [-0.25, -0.2) is 0 Å². The largest absolute Gasteiger partial charge is 0.0848 e. The Morgan fingerprint density at radius 3 is 2.12 bits per heavy atom. The molecule has 0 nitrogen and oxygen atoms in total. The molecule has 0 aromatic carbocycles. The van der Waals surface area contributed by atoms with Gasteiger partial charge in [0.25, 0.3) is 0 Å². The molecule has 4 bridgehead atoms. The fraction of sp³-hybridized carbons (Fsp3) is 0.882. The van der Waals surface area contributed by atoms with Crippen LogP contribution in [0.3, 0.4) is 0 Å². The lowest BCUT2D eigenvalue weighted by Gasteiger charge is -2.40. The molecule has 0 aromatic rings. The third kappa shape index (κ3) is 0.923. The number of hydrogen-bond donors (Lipinski definition) is 0. The second-order valence-corrected chi connectivity index (χ2v) is 7.98. The Morgan fingerprint density at radius 2 is 1.35 bits per heavy atom. The standard InChI is InChI=1S/C17H24/c1-8-5-12-13-7-14(15(12)9(8)2)17-11-4-3-10(6-11)16(13)17/h3-4,8-17H,5-7H2,1-2H3. The van der Waals surface area contributed by atoms with Crippen molar-refractivity contribution in [1.29, 1.82) is 0 Å². The summed E-state index contributed by atoms with van der Waals surface area (Å²) in [4.78, 5) is 0. The summed E-state index contributed by atoms with van der Waals surface area (Å²) in [6.07, 6.45) is 9.90. The van der Waals surface area contributed by atoms with Crippen molar-refractivity contribution in [2.45, 2.75) is 33.1 Å². The Morgan fingerprint density at radius 1 is 0.706 bits per heavy atom. The van der Waals surface area contributed by atoms with Crippen LogP contribution >= 0.6 is 0 Å². The van der Waals surface area contributed by atoms with Crippen molar-refractivity contribution in [2.75, 3.05) is 0 Å². The topological polar surface area (TPSA) is 0 Å². The molecule has 0 saturated heterocycles. The minimum atomic E-state index is 1.00. The molecule has 92 valence electrons. The van der Waals surface area contributed by atoms with E-state index in [0.717, 1.165) is 59.2 Å². The summed E-state index contributed by atoms with van der Waals surface area (Å²) in [5.74, 6) is 10.9. The fourth-order valence-corrected chi connectivity index (χ4v) is 7.34. The molecule has 0 radical (unpaired) electrons. The van der Waals surface area contributed by atoms with E-state index in [1.807, 2.05) is 0 Å². The maximum absolute atomic E-state index is 2.59. The van der Waals surface area contributed by atoms with Gasteiger partial charge >= 0.3 is 0 Å². The first-order valence-electron chi connectivity index (χ1n) is 7.94. The highest BCUT2D eigenvalue weighted by Gasteiger charge is 2.66. The third-order valence-electron chi connectivity index (χ3n) is 7.80. The molecule has 4 saturated carbocycles. The van der Waals surface area contributed by atoms with Gasteiger partial charge in [-0.15, -0.1) is 0 Å². The van der Waals surface area contributed by atoms with E-state index in [4.69, 9.17) is 0 Å². The van der Waals surface area contributed by atoms with Gasteiger partial charge in [-0.05, 0) is 78.4 Å². The quantitative estimate of drug-likeness (QED) is 0.434. The Kier molecular flexibility index (Phi) is 1.61. The predicted octanol–water partition coefficient (Wildman–Crippen LogP) is 3.98. The normalized spacial score (nSPS) is 70.0. The average Bonchev–Trinajstić information content (AvgIpc) is 3.04. The van der Waals surface area contributed by atoms with Gasteiger partial charge in [-0.1, -0.05) is 26.0 Å². The van der Waals surface area contributed by atoms with E-state index in [-0.39, 0.29) is 0 Å². The Bertz CT molecular complexity index is 395. The Balaban J connectivity index is 1.57. The number of hydrogen-bond acceptors (Lipinski definition) is 0. The van der Waals surface area contributed by atoms with Crippen LogP contribution < -0.4 is 0 Å². The smallest absolute Gasteiger partial charge is 0.0194 e. The molecule has 0 heterocycles. The van der Waals surface area contributed by atoms with E-state index in [1.54, 1.807) is 12.8 Å². The van der Waals surface area contributed by atoms with Crippen LogP contribution in [-0.2, 0) is 0 Å². The van der Waals surface area contributed by atoms with E-state index >= 15 is 0 Å². The molecular formula is C17H24. The van der Waals surface area contributed by atoms with Gasteiger partial charge in [0.05, 0.1) is 0 Å². The number of fused-ring (bicyclic) bond motifs is 12. The summed E-state index contributed by atoms with van der Waals surface area (Å²) in [6, 6.07) is 0. The van der Waals surface area contributed by atoms with Crippen molar-refractivity contribution in [3.8, 4) is 0 Å². The van der Waals surface area contributed by atoms with Gasteiger partial charge in [-0.3, -0.25) is 0 Å². The summed E-state index contributed by atoms with van der Waals surface area (Å²) in [5.41, 5.74) is 0. The van der Waals surface area contributed by atoms with Crippen LogP contribution in [0.15, 0.2) is 12.2 Å². The first-order chi connectivity index (χ1) is 8.25. The van der Waals surface area contributed by atoms with Gasteiger partial charge in [0, 0.05) is 0 Å². The lowest BCUT2D eigenvalue weighted by atomic mass is 9.64. The molecule has 0 aromatic heterocycles. The van der Waals surface area contributed by atoms with Crippen LogP contribution in [0.5, 0.6) is 0 Å². The second kappa shape index (κ2) is 2.83. The Labute approximate surface area is 105 Å². The zero-order valence-electron chi connectivity index (χ0n) is 11.0. The van der Waals surface area contributed by atoms with E-state index in [0.29, 0.717) is 0 Å². The lowest BCUT2D eigenvalue weighted by Crippen LogP contribution is -2.36. The van der Waals surface area contributed by atoms with Gasteiger partial charge in [0.2, 0.25) is 0 Å². The molecule has 10 atom stereocenters. The van der Waals surface area contributed by atoms with Crippen LogP contribution in [0.2, 0.25) is 0 Å². The summed E-state index contributed by atoms with van der Waals surface area (Å²) < 4.78 is 0. The van der Waals surface area contributed by atoms with Crippen LogP contribution in [0, 0.1) is 59.2 Å². The van der Waals surface area contributed by atoms with Crippen LogP contribution in [-0.4, -0.2) is 0 Å². The van der Waals surface area contributed by atoms with E-state index in [9.17, 15) is 0 Å². The highest BCUT2D eigenvalue weighted by Crippen LogP contribution is 2.72. The van der Waals surface area contributed by atoms with Crippen molar-refractivity contribution in [3.05, 3.63) is 12.2 Å². The molecule has 5 aliphatic rings. The minimum Gasteiger partial charge on any atom is -0.0848 e. The summed E-state index contributed by atoms with van der Waals surface area (Å²) in [6.45, 7) is 5.08. The molecule has 5 aliphatic carbocycles. The van der Waals surface area contributed by atoms with E-state index in [1.165, 1.54) is 6.42 Å². The number of allylic oxidation sites excluding steroid dienone is 2. The molecule has 10 unspecified atom stereocenters. The van der Waals surface area contributed by atoms with E-state index in [2.05, 4.69) is 26.0 Å². The second-order valence-electron chi connectivity index (χ2n) is 7.98. The molecule has 17 heavy (non-hydrogen) atoms. The van der Waals surface area contributed by atoms with Crippen LogP contribution in [0.1, 0.15) is 33.1 Å². The molecule has 5 rings (SSSR count). The zero-order chi connectivity index (χ0) is 11.3. The average molecular weight is 228 g/mol. The zero-order valence-corrected chi connectivity index (χ0v) is 11.0. The van der Waals surface area contributed by atoms with Crippen molar-refractivity contribution in [1.82, 2.24) is 0 Å². The molecule has 0 heteroatoms.